The van der Waals surface area contributed by atoms with E-state index in [2.05, 4.69) is 35.1 Å². The minimum atomic E-state index is 0.0663. The highest BCUT2D eigenvalue weighted by molar-refractivity contribution is 9.11. The largest absolute Gasteiger partial charge is 0.349 e. The topological polar surface area (TPSA) is 29.1 Å². The zero-order valence-corrected chi connectivity index (χ0v) is 12.7. The van der Waals surface area contributed by atoms with Crippen molar-refractivity contribution in [3.8, 4) is 0 Å². The lowest BCUT2D eigenvalue weighted by atomic mass is 9.75. The van der Waals surface area contributed by atoms with Crippen LogP contribution in [0.4, 0.5) is 0 Å². The van der Waals surface area contributed by atoms with E-state index < -0.39 is 0 Å². The molecule has 0 spiro atoms. The third-order valence-corrected chi connectivity index (χ3v) is 5.01. The van der Waals surface area contributed by atoms with Crippen molar-refractivity contribution >= 4 is 33.2 Å². The fraction of sp³-hybridized carbons (Fsp3) is 0.615. The van der Waals surface area contributed by atoms with Crippen LogP contribution in [0, 0.1) is 5.41 Å². The molecule has 1 aromatic rings. The third-order valence-electron chi connectivity index (χ3n) is 3.50. The molecule has 0 unspecified atom stereocenters. The van der Waals surface area contributed by atoms with Gasteiger partial charge in [-0.25, -0.2) is 0 Å². The lowest BCUT2D eigenvalue weighted by Crippen LogP contribution is -2.39. The molecule has 0 radical (unpaired) electrons. The number of amides is 1. The second-order valence-electron chi connectivity index (χ2n) is 5.55. The Morgan fingerprint density at radius 2 is 2.12 bits per heavy atom. The minimum Gasteiger partial charge on any atom is -0.349 e. The zero-order valence-electron chi connectivity index (χ0n) is 10.3. The molecular weight excluding hydrogens is 298 g/mol. The minimum absolute atomic E-state index is 0.0663. The lowest BCUT2D eigenvalue weighted by molar-refractivity contribution is 0.0909. The molecule has 1 aromatic heterocycles. The van der Waals surface area contributed by atoms with Crippen molar-refractivity contribution < 1.29 is 4.79 Å². The molecule has 2 nitrogen and oxygen atoms in total. The van der Waals surface area contributed by atoms with Crippen LogP contribution in [0.3, 0.4) is 0 Å². The van der Waals surface area contributed by atoms with Gasteiger partial charge in [0, 0.05) is 11.4 Å². The first-order chi connectivity index (χ1) is 7.96. The number of hydrogen-bond acceptors (Lipinski definition) is 2. The number of rotatable bonds is 2. The van der Waals surface area contributed by atoms with Crippen LogP contribution in [0.15, 0.2) is 15.2 Å². The van der Waals surface area contributed by atoms with Gasteiger partial charge in [-0.2, -0.15) is 0 Å². The maximum Gasteiger partial charge on any atom is 0.252 e. The summed E-state index contributed by atoms with van der Waals surface area (Å²) in [6.07, 6.45) is 4.60. The summed E-state index contributed by atoms with van der Waals surface area (Å²) in [6, 6.07) is 2.24. The summed E-state index contributed by atoms with van der Waals surface area (Å²) in [6.45, 7) is 4.61. The molecule has 1 aliphatic rings. The molecule has 0 saturated heterocycles. The molecule has 2 rings (SSSR count). The van der Waals surface area contributed by atoms with Crippen molar-refractivity contribution in [3.63, 3.8) is 0 Å². The molecule has 1 N–H and O–H groups in total. The Morgan fingerprint density at radius 3 is 2.65 bits per heavy atom. The SMILES string of the molecule is CC1(C)CCC(NC(=O)c2csc(Br)c2)CC1. The van der Waals surface area contributed by atoms with Gasteiger partial charge in [0.25, 0.3) is 5.91 Å². The summed E-state index contributed by atoms with van der Waals surface area (Å²) < 4.78 is 1.01. The van der Waals surface area contributed by atoms with Gasteiger partial charge in [0.15, 0.2) is 0 Å². The Bertz CT molecular complexity index is 403. The van der Waals surface area contributed by atoms with E-state index in [0.717, 1.165) is 22.2 Å². The van der Waals surface area contributed by atoms with Crippen molar-refractivity contribution in [2.75, 3.05) is 0 Å². The molecule has 4 heteroatoms. The Balaban J connectivity index is 1.88. The van der Waals surface area contributed by atoms with Gasteiger partial charge in [0.2, 0.25) is 0 Å². The smallest absolute Gasteiger partial charge is 0.252 e. The van der Waals surface area contributed by atoms with Crippen LogP contribution < -0.4 is 5.32 Å². The molecule has 0 bridgehead atoms. The summed E-state index contributed by atoms with van der Waals surface area (Å²) in [4.78, 5) is 12.0. The monoisotopic (exact) mass is 315 g/mol. The van der Waals surface area contributed by atoms with Gasteiger partial charge >= 0.3 is 0 Å². The average molecular weight is 316 g/mol. The van der Waals surface area contributed by atoms with Crippen molar-refractivity contribution in [2.24, 2.45) is 5.41 Å². The number of hydrogen-bond donors (Lipinski definition) is 1. The van der Waals surface area contributed by atoms with E-state index in [1.807, 2.05) is 11.4 Å². The van der Waals surface area contributed by atoms with Crippen molar-refractivity contribution in [1.29, 1.82) is 0 Å². The fourth-order valence-electron chi connectivity index (χ4n) is 2.24. The maximum absolute atomic E-state index is 12.0. The lowest BCUT2D eigenvalue weighted by Gasteiger charge is -2.34. The van der Waals surface area contributed by atoms with Crippen LogP contribution in [0.5, 0.6) is 0 Å². The van der Waals surface area contributed by atoms with Gasteiger partial charge in [0.05, 0.1) is 9.35 Å². The quantitative estimate of drug-likeness (QED) is 0.870. The Hall–Kier alpha value is -0.350. The number of carbonyl (C=O) groups is 1. The van der Waals surface area contributed by atoms with Gasteiger partial charge in [-0.15, -0.1) is 11.3 Å². The van der Waals surface area contributed by atoms with Crippen molar-refractivity contribution in [3.05, 3.63) is 20.8 Å². The second kappa shape index (κ2) is 5.11. The van der Waals surface area contributed by atoms with E-state index in [9.17, 15) is 4.79 Å². The molecule has 0 aromatic carbocycles. The maximum atomic E-state index is 12.0. The van der Waals surface area contributed by atoms with E-state index in [1.54, 1.807) is 11.3 Å². The first-order valence-electron chi connectivity index (χ1n) is 6.01. The first kappa shape index (κ1) is 13.1. The molecule has 1 heterocycles. The molecule has 1 saturated carbocycles. The van der Waals surface area contributed by atoms with Crippen LogP contribution in [0.1, 0.15) is 49.9 Å². The second-order valence-corrected chi connectivity index (χ2v) is 7.84. The summed E-state index contributed by atoms with van der Waals surface area (Å²) in [5.41, 5.74) is 1.22. The molecule has 1 fully saturated rings. The normalized spacial score (nSPS) is 20.2. The average Bonchev–Trinajstić information content (AvgIpc) is 2.68. The summed E-state index contributed by atoms with van der Waals surface area (Å²) >= 11 is 4.93. The predicted molar refractivity (Wildman–Crippen MR) is 75.5 cm³/mol. The molecule has 0 atom stereocenters. The molecule has 0 aliphatic heterocycles. The summed E-state index contributed by atoms with van der Waals surface area (Å²) in [5.74, 6) is 0.0663. The van der Waals surface area contributed by atoms with E-state index in [-0.39, 0.29) is 5.91 Å². The van der Waals surface area contributed by atoms with Gasteiger partial charge in [-0.1, -0.05) is 13.8 Å². The summed E-state index contributed by atoms with van der Waals surface area (Å²) in [7, 11) is 0. The first-order valence-corrected chi connectivity index (χ1v) is 7.68. The predicted octanol–water partition coefficient (Wildman–Crippen LogP) is 4.21. The van der Waals surface area contributed by atoms with Gasteiger partial charge in [0.1, 0.15) is 0 Å². The number of thiophene rings is 1. The molecular formula is C13H18BrNOS. The van der Waals surface area contributed by atoms with Crippen LogP contribution >= 0.6 is 27.3 Å². The third kappa shape index (κ3) is 3.55. The molecule has 17 heavy (non-hydrogen) atoms. The Kier molecular flexibility index (Phi) is 3.93. The number of halogens is 1. The highest BCUT2D eigenvalue weighted by Crippen LogP contribution is 2.35. The number of nitrogens with one attached hydrogen (secondary N) is 1. The highest BCUT2D eigenvalue weighted by atomic mass is 79.9. The van der Waals surface area contributed by atoms with Crippen LogP contribution in [0.2, 0.25) is 0 Å². The van der Waals surface area contributed by atoms with Gasteiger partial charge < -0.3 is 5.32 Å². The van der Waals surface area contributed by atoms with Crippen molar-refractivity contribution in [1.82, 2.24) is 5.32 Å². The standard InChI is InChI=1S/C13H18BrNOS/c1-13(2)5-3-10(4-6-13)15-12(16)9-7-11(14)17-8-9/h7-8,10H,3-6H2,1-2H3,(H,15,16). The Labute approximate surface area is 115 Å². The zero-order chi connectivity index (χ0) is 12.5. The Morgan fingerprint density at radius 1 is 1.47 bits per heavy atom. The van der Waals surface area contributed by atoms with E-state index in [4.69, 9.17) is 0 Å². The van der Waals surface area contributed by atoms with Crippen LogP contribution in [0.25, 0.3) is 0 Å². The van der Waals surface area contributed by atoms with E-state index in [1.165, 1.54) is 12.8 Å². The molecule has 1 aliphatic carbocycles. The van der Waals surface area contributed by atoms with Crippen molar-refractivity contribution in [2.45, 2.75) is 45.6 Å². The van der Waals surface area contributed by atoms with Gasteiger partial charge in [-0.05, 0) is 53.1 Å². The molecule has 94 valence electrons. The highest BCUT2D eigenvalue weighted by Gasteiger charge is 2.27. The van der Waals surface area contributed by atoms with E-state index in [0.29, 0.717) is 11.5 Å². The van der Waals surface area contributed by atoms with Gasteiger partial charge in [-0.3, -0.25) is 4.79 Å². The van der Waals surface area contributed by atoms with E-state index >= 15 is 0 Å². The summed E-state index contributed by atoms with van der Waals surface area (Å²) in [5, 5.41) is 5.03. The van der Waals surface area contributed by atoms with Crippen LogP contribution in [-0.2, 0) is 0 Å². The van der Waals surface area contributed by atoms with Crippen LogP contribution in [-0.4, -0.2) is 11.9 Å². The molecule has 1 amide bonds. The fourth-order valence-corrected chi connectivity index (χ4v) is 3.38. The number of carbonyl (C=O) groups excluding carboxylic acids is 1.